The molecule has 0 aromatic carbocycles. The molecular weight excluding hydrogens is 180 g/mol. The highest BCUT2D eigenvalue weighted by Gasteiger charge is 2.17. The summed E-state index contributed by atoms with van der Waals surface area (Å²) in [7, 11) is 1.86. The molecule has 0 amide bonds. The Bertz CT molecular complexity index is 232. The molecule has 0 atom stereocenters. The van der Waals surface area contributed by atoms with Crippen LogP contribution in [0.2, 0.25) is 0 Å². The Morgan fingerprint density at radius 2 is 1.93 bits per heavy atom. The number of nitrogens with zero attached hydrogens (tertiary/aromatic N) is 2. The van der Waals surface area contributed by atoms with Crippen molar-refractivity contribution in [3.63, 3.8) is 0 Å². The Labute approximate surface area is 84.6 Å². The highest BCUT2D eigenvalue weighted by Crippen LogP contribution is 2.21. The van der Waals surface area contributed by atoms with Gasteiger partial charge in [0.1, 0.15) is 5.71 Å². The molecular formula is C10H18N2O2. The van der Waals surface area contributed by atoms with E-state index in [1.54, 1.807) is 0 Å². The summed E-state index contributed by atoms with van der Waals surface area (Å²) in [5, 5.41) is 14.5. The third kappa shape index (κ3) is 3.01. The van der Waals surface area contributed by atoms with Gasteiger partial charge in [-0.1, -0.05) is 19.3 Å². The number of hydrogen-bond donors (Lipinski definition) is 1. The average Bonchev–Trinajstić information content (AvgIpc) is 2.19. The van der Waals surface area contributed by atoms with Gasteiger partial charge in [-0.25, -0.2) is 4.79 Å². The normalized spacial score (nSPS) is 19.4. The number of aliphatic carboxylic acids is 1. The maximum Gasteiger partial charge on any atom is 0.351 e. The first-order valence-corrected chi connectivity index (χ1v) is 5.12. The molecule has 1 rings (SSSR count). The van der Waals surface area contributed by atoms with E-state index in [1.165, 1.54) is 26.2 Å². The van der Waals surface area contributed by atoms with Crippen LogP contribution in [0.3, 0.4) is 0 Å². The van der Waals surface area contributed by atoms with Crippen molar-refractivity contribution >= 4 is 11.7 Å². The third-order valence-corrected chi connectivity index (χ3v) is 2.72. The van der Waals surface area contributed by atoms with Crippen molar-refractivity contribution in [2.45, 2.75) is 45.1 Å². The molecule has 4 nitrogen and oxygen atoms in total. The number of hydrazone groups is 1. The standard InChI is InChI=1S/C10H18N2O2/c1-8(10(13)14)11-12(2)9-6-4-3-5-7-9/h9H,3-7H2,1-2H3,(H,13,14)/b11-8-. The molecule has 0 aliphatic heterocycles. The number of hydrogen-bond acceptors (Lipinski definition) is 3. The van der Waals surface area contributed by atoms with Crippen molar-refractivity contribution in [2.75, 3.05) is 7.05 Å². The smallest absolute Gasteiger partial charge is 0.351 e. The van der Waals surface area contributed by atoms with E-state index in [4.69, 9.17) is 5.11 Å². The van der Waals surface area contributed by atoms with Crippen LogP contribution < -0.4 is 0 Å². The summed E-state index contributed by atoms with van der Waals surface area (Å²) in [6.07, 6.45) is 6.03. The van der Waals surface area contributed by atoms with Gasteiger partial charge in [-0.05, 0) is 19.8 Å². The molecule has 0 aromatic heterocycles. The zero-order valence-corrected chi connectivity index (χ0v) is 8.86. The molecule has 0 bridgehead atoms. The second-order valence-corrected chi connectivity index (χ2v) is 3.86. The van der Waals surface area contributed by atoms with E-state index in [0.717, 1.165) is 12.8 Å². The number of rotatable bonds is 3. The van der Waals surface area contributed by atoms with Crippen LogP contribution in [0.25, 0.3) is 0 Å². The summed E-state index contributed by atoms with van der Waals surface area (Å²) in [4.78, 5) is 10.6. The van der Waals surface area contributed by atoms with Crippen LogP contribution in [-0.2, 0) is 4.79 Å². The molecule has 1 fully saturated rings. The third-order valence-electron chi connectivity index (χ3n) is 2.72. The van der Waals surface area contributed by atoms with Gasteiger partial charge in [-0.2, -0.15) is 5.10 Å². The van der Waals surface area contributed by atoms with Crippen molar-refractivity contribution in [2.24, 2.45) is 5.10 Å². The molecule has 0 radical (unpaired) electrons. The van der Waals surface area contributed by atoms with Crippen molar-refractivity contribution in [3.8, 4) is 0 Å². The lowest BCUT2D eigenvalue weighted by molar-refractivity contribution is -0.129. The predicted molar refractivity (Wildman–Crippen MR) is 55.4 cm³/mol. The monoisotopic (exact) mass is 198 g/mol. The van der Waals surface area contributed by atoms with Crippen molar-refractivity contribution in [1.82, 2.24) is 5.01 Å². The highest BCUT2D eigenvalue weighted by atomic mass is 16.4. The second-order valence-electron chi connectivity index (χ2n) is 3.86. The second kappa shape index (κ2) is 4.98. The zero-order valence-electron chi connectivity index (χ0n) is 8.86. The predicted octanol–water partition coefficient (Wildman–Crippen LogP) is 1.71. The zero-order chi connectivity index (χ0) is 10.6. The van der Waals surface area contributed by atoms with Gasteiger partial charge in [0.2, 0.25) is 0 Å². The van der Waals surface area contributed by atoms with E-state index in [0.29, 0.717) is 6.04 Å². The summed E-state index contributed by atoms with van der Waals surface area (Å²) in [5.74, 6) is -0.937. The lowest BCUT2D eigenvalue weighted by atomic mass is 9.95. The summed E-state index contributed by atoms with van der Waals surface area (Å²) < 4.78 is 0. The fourth-order valence-corrected chi connectivity index (χ4v) is 1.82. The molecule has 1 saturated carbocycles. The molecule has 1 aliphatic rings. The van der Waals surface area contributed by atoms with Gasteiger partial charge < -0.3 is 5.11 Å². The van der Waals surface area contributed by atoms with Gasteiger partial charge in [0, 0.05) is 13.1 Å². The van der Waals surface area contributed by atoms with Crippen LogP contribution in [0.5, 0.6) is 0 Å². The Morgan fingerprint density at radius 3 is 2.43 bits per heavy atom. The summed E-state index contributed by atoms with van der Waals surface area (Å²) in [6.45, 7) is 1.53. The highest BCUT2D eigenvalue weighted by molar-refractivity contribution is 6.34. The van der Waals surface area contributed by atoms with Crippen LogP contribution in [0, 0.1) is 0 Å². The number of carboxylic acids is 1. The summed E-state index contributed by atoms with van der Waals surface area (Å²) >= 11 is 0. The van der Waals surface area contributed by atoms with Crippen molar-refractivity contribution in [3.05, 3.63) is 0 Å². The first-order valence-electron chi connectivity index (χ1n) is 5.12. The molecule has 0 saturated heterocycles. The number of carbonyl (C=O) groups is 1. The SMILES string of the molecule is C/C(=N/N(C)C1CCCCC1)C(=O)O. The van der Waals surface area contributed by atoms with Crippen LogP contribution in [0.15, 0.2) is 5.10 Å². The fraction of sp³-hybridized carbons (Fsp3) is 0.800. The van der Waals surface area contributed by atoms with Gasteiger partial charge in [-0.3, -0.25) is 5.01 Å². The quantitative estimate of drug-likeness (QED) is 0.555. The van der Waals surface area contributed by atoms with Gasteiger partial charge in [0.15, 0.2) is 0 Å². The topological polar surface area (TPSA) is 52.9 Å². The van der Waals surface area contributed by atoms with Gasteiger partial charge in [-0.15, -0.1) is 0 Å². The van der Waals surface area contributed by atoms with Crippen LogP contribution >= 0.6 is 0 Å². The molecule has 80 valence electrons. The van der Waals surface area contributed by atoms with Crippen molar-refractivity contribution in [1.29, 1.82) is 0 Å². The minimum atomic E-state index is -0.937. The van der Waals surface area contributed by atoms with Crippen LogP contribution in [-0.4, -0.2) is 34.9 Å². The van der Waals surface area contributed by atoms with E-state index in [2.05, 4.69) is 5.10 Å². The Hall–Kier alpha value is -1.06. The van der Waals surface area contributed by atoms with E-state index < -0.39 is 5.97 Å². The fourth-order valence-electron chi connectivity index (χ4n) is 1.82. The summed E-state index contributed by atoms with van der Waals surface area (Å²) in [6, 6.07) is 0.429. The number of carboxylic acid groups (broad SMARTS) is 1. The largest absolute Gasteiger partial charge is 0.477 e. The Kier molecular flexibility index (Phi) is 3.92. The first kappa shape index (κ1) is 11.0. The van der Waals surface area contributed by atoms with E-state index >= 15 is 0 Å². The molecule has 0 unspecified atom stereocenters. The van der Waals surface area contributed by atoms with E-state index in [9.17, 15) is 4.79 Å². The van der Waals surface area contributed by atoms with Crippen molar-refractivity contribution < 1.29 is 9.90 Å². The van der Waals surface area contributed by atoms with E-state index in [-0.39, 0.29) is 5.71 Å². The lowest BCUT2D eigenvalue weighted by Gasteiger charge is -2.29. The Morgan fingerprint density at radius 1 is 1.36 bits per heavy atom. The average molecular weight is 198 g/mol. The molecule has 1 aliphatic carbocycles. The molecule has 0 spiro atoms. The molecule has 0 aromatic rings. The van der Waals surface area contributed by atoms with Gasteiger partial charge in [0.05, 0.1) is 0 Å². The van der Waals surface area contributed by atoms with Crippen LogP contribution in [0.1, 0.15) is 39.0 Å². The lowest BCUT2D eigenvalue weighted by Crippen LogP contribution is -2.31. The minimum absolute atomic E-state index is 0.165. The van der Waals surface area contributed by atoms with E-state index in [1.807, 2.05) is 12.1 Å². The van der Waals surface area contributed by atoms with Crippen LogP contribution in [0.4, 0.5) is 0 Å². The maximum absolute atomic E-state index is 10.6. The molecule has 14 heavy (non-hydrogen) atoms. The maximum atomic E-state index is 10.6. The molecule has 1 N–H and O–H groups in total. The first-order chi connectivity index (χ1) is 6.61. The van der Waals surface area contributed by atoms with Gasteiger partial charge in [0.25, 0.3) is 0 Å². The summed E-state index contributed by atoms with van der Waals surface area (Å²) in [5.41, 5.74) is 0.165. The van der Waals surface area contributed by atoms with Gasteiger partial charge >= 0.3 is 5.97 Å². The minimum Gasteiger partial charge on any atom is -0.477 e. The molecule has 0 heterocycles. The molecule has 4 heteroatoms. The Balaban J connectivity index is 2.51.